The summed E-state index contributed by atoms with van der Waals surface area (Å²) in [4.78, 5) is 9.27. The monoisotopic (exact) mass is 437 g/mol. The van der Waals surface area contributed by atoms with Gasteiger partial charge in [-0.1, -0.05) is 17.3 Å². The average molecular weight is 438 g/mol. The van der Waals surface area contributed by atoms with Crippen molar-refractivity contribution in [2.45, 2.75) is 39.9 Å². The van der Waals surface area contributed by atoms with Crippen LogP contribution in [0.2, 0.25) is 0 Å². The Morgan fingerprint density at radius 1 is 1.13 bits per heavy atom. The van der Waals surface area contributed by atoms with Gasteiger partial charge in [-0.15, -0.1) is 0 Å². The van der Waals surface area contributed by atoms with E-state index in [1.54, 1.807) is 12.1 Å². The van der Waals surface area contributed by atoms with Crippen molar-refractivity contribution in [1.29, 1.82) is 0 Å². The van der Waals surface area contributed by atoms with Crippen LogP contribution in [0.25, 0.3) is 0 Å². The molecule has 0 aliphatic carbocycles. The summed E-state index contributed by atoms with van der Waals surface area (Å²) in [6, 6.07) is 5.44. The third-order valence-corrected chi connectivity index (χ3v) is 5.50. The molecule has 6 nitrogen and oxygen atoms in total. The molecule has 0 saturated carbocycles. The second kappa shape index (κ2) is 10.2. The van der Waals surface area contributed by atoms with Crippen molar-refractivity contribution in [3.8, 4) is 0 Å². The number of nitrogens with zero attached hydrogens (tertiary/aromatic N) is 4. The molecule has 1 fully saturated rings. The van der Waals surface area contributed by atoms with Crippen LogP contribution < -0.4 is 5.32 Å². The van der Waals surface area contributed by atoms with Gasteiger partial charge in [-0.3, -0.25) is 9.89 Å². The van der Waals surface area contributed by atoms with Gasteiger partial charge in [0.15, 0.2) is 5.96 Å². The van der Waals surface area contributed by atoms with E-state index in [1.165, 1.54) is 0 Å². The van der Waals surface area contributed by atoms with Crippen molar-refractivity contribution >= 4 is 5.96 Å². The second-order valence-corrected chi connectivity index (χ2v) is 7.75. The van der Waals surface area contributed by atoms with Gasteiger partial charge in [-0.2, -0.15) is 13.2 Å². The minimum Gasteiger partial charge on any atom is -0.361 e. The third-order valence-electron chi connectivity index (χ3n) is 5.50. The Balaban J connectivity index is 1.52. The summed E-state index contributed by atoms with van der Waals surface area (Å²) in [6.07, 6.45) is -3.51. The highest BCUT2D eigenvalue weighted by Crippen LogP contribution is 2.29. The number of alkyl halides is 3. The van der Waals surface area contributed by atoms with Gasteiger partial charge in [-0.25, -0.2) is 0 Å². The first-order chi connectivity index (χ1) is 14.8. The molecule has 2 aromatic rings. The van der Waals surface area contributed by atoms with Crippen LogP contribution in [0, 0.1) is 13.8 Å². The maximum Gasteiger partial charge on any atom is 0.416 e. The zero-order valence-electron chi connectivity index (χ0n) is 18.3. The van der Waals surface area contributed by atoms with Crippen LogP contribution in [0.4, 0.5) is 13.2 Å². The number of benzene rings is 1. The topological polar surface area (TPSA) is 56.9 Å². The highest BCUT2D eigenvalue weighted by Gasteiger charge is 2.30. The summed E-state index contributed by atoms with van der Waals surface area (Å²) in [5.74, 6) is 1.73. The van der Waals surface area contributed by atoms with E-state index < -0.39 is 11.7 Å². The molecular weight excluding hydrogens is 407 g/mol. The SMILES string of the molecule is CCNC(=NCCc1c(C)noc1C)N1CCN(Cc2ccc(C(F)(F)F)cc2)CC1. The van der Waals surface area contributed by atoms with Crippen LogP contribution in [0.5, 0.6) is 0 Å². The molecule has 1 aliphatic heterocycles. The number of aryl methyl sites for hydroxylation is 2. The molecule has 1 N–H and O–H groups in total. The van der Waals surface area contributed by atoms with Crippen LogP contribution in [-0.4, -0.2) is 60.2 Å². The second-order valence-electron chi connectivity index (χ2n) is 7.75. The molecule has 2 heterocycles. The highest BCUT2D eigenvalue weighted by atomic mass is 19.4. The van der Waals surface area contributed by atoms with Gasteiger partial charge in [0, 0.05) is 51.4 Å². The van der Waals surface area contributed by atoms with Crippen LogP contribution >= 0.6 is 0 Å². The lowest BCUT2D eigenvalue weighted by Crippen LogP contribution is -2.52. The Kier molecular flexibility index (Phi) is 7.59. The van der Waals surface area contributed by atoms with E-state index in [-0.39, 0.29) is 0 Å². The number of aliphatic imine (C=N–C) groups is 1. The predicted octanol–water partition coefficient (Wildman–Crippen LogP) is 3.64. The van der Waals surface area contributed by atoms with E-state index in [2.05, 4.69) is 20.3 Å². The molecule has 0 unspecified atom stereocenters. The molecule has 0 bridgehead atoms. The van der Waals surface area contributed by atoms with E-state index in [0.29, 0.717) is 13.1 Å². The van der Waals surface area contributed by atoms with E-state index >= 15 is 0 Å². The standard InChI is InChI=1S/C22H30F3N5O/c1-4-26-21(27-10-9-20-16(2)28-31-17(20)3)30-13-11-29(12-14-30)15-18-5-7-19(8-6-18)22(23,24)25/h5-8H,4,9-15H2,1-3H3,(H,26,27). The number of piperazine rings is 1. The molecule has 3 rings (SSSR count). The molecule has 0 amide bonds. The quantitative estimate of drug-likeness (QED) is 0.553. The minimum absolute atomic E-state index is 0.607. The summed E-state index contributed by atoms with van der Waals surface area (Å²) in [5, 5.41) is 7.35. The highest BCUT2D eigenvalue weighted by molar-refractivity contribution is 5.80. The fourth-order valence-electron chi connectivity index (χ4n) is 3.73. The van der Waals surface area contributed by atoms with Crippen LogP contribution in [-0.2, 0) is 19.1 Å². The molecule has 170 valence electrons. The van der Waals surface area contributed by atoms with Crippen molar-refractivity contribution in [2.75, 3.05) is 39.3 Å². The van der Waals surface area contributed by atoms with E-state index in [9.17, 15) is 13.2 Å². The number of aromatic nitrogens is 1. The molecule has 1 aliphatic rings. The molecule has 0 atom stereocenters. The first kappa shape index (κ1) is 23.1. The fraction of sp³-hybridized carbons (Fsp3) is 0.545. The van der Waals surface area contributed by atoms with Crippen LogP contribution in [0.15, 0.2) is 33.8 Å². The first-order valence-corrected chi connectivity index (χ1v) is 10.6. The van der Waals surface area contributed by atoms with Crippen LogP contribution in [0.3, 0.4) is 0 Å². The van der Waals surface area contributed by atoms with Gasteiger partial charge >= 0.3 is 6.18 Å². The molecule has 9 heteroatoms. The zero-order valence-corrected chi connectivity index (χ0v) is 18.3. The maximum atomic E-state index is 12.7. The van der Waals surface area contributed by atoms with E-state index in [0.717, 1.165) is 79.8 Å². The molecule has 31 heavy (non-hydrogen) atoms. The van der Waals surface area contributed by atoms with Crippen molar-refractivity contribution in [3.63, 3.8) is 0 Å². The number of halogens is 3. The Bertz CT molecular complexity index is 849. The predicted molar refractivity (Wildman–Crippen MR) is 114 cm³/mol. The number of hydrogen-bond donors (Lipinski definition) is 1. The lowest BCUT2D eigenvalue weighted by atomic mass is 10.1. The summed E-state index contributed by atoms with van der Waals surface area (Å²) < 4.78 is 43.4. The Hall–Kier alpha value is -2.55. The van der Waals surface area contributed by atoms with E-state index in [4.69, 9.17) is 9.52 Å². The largest absolute Gasteiger partial charge is 0.416 e. The van der Waals surface area contributed by atoms with Gasteiger partial charge in [0.2, 0.25) is 0 Å². The fourth-order valence-corrected chi connectivity index (χ4v) is 3.73. The molecule has 1 aromatic carbocycles. The summed E-state index contributed by atoms with van der Waals surface area (Å²) in [5.41, 5.74) is 2.31. The molecular formula is C22H30F3N5O. The summed E-state index contributed by atoms with van der Waals surface area (Å²) in [7, 11) is 0. The zero-order chi connectivity index (χ0) is 22.4. The van der Waals surface area contributed by atoms with Crippen molar-refractivity contribution in [2.24, 2.45) is 4.99 Å². The Morgan fingerprint density at radius 3 is 2.35 bits per heavy atom. The van der Waals surface area contributed by atoms with Gasteiger partial charge in [-0.05, 0) is 44.9 Å². The number of nitrogens with one attached hydrogen (secondary N) is 1. The van der Waals surface area contributed by atoms with Gasteiger partial charge in [0.05, 0.1) is 11.3 Å². The van der Waals surface area contributed by atoms with Crippen molar-refractivity contribution < 1.29 is 17.7 Å². The number of guanidine groups is 1. The molecule has 1 aromatic heterocycles. The maximum absolute atomic E-state index is 12.7. The van der Waals surface area contributed by atoms with Gasteiger partial charge in [0.1, 0.15) is 5.76 Å². The van der Waals surface area contributed by atoms with Crippen molar-refractivity contribution in [1.82, 2.24) is 20.3 Å². The smallest absolute Gasteiger partial charge is 0.361 e. The number of rotatable bonds is 6. The van der Waals surface area contributed by atoms with E-state index in [1.807, 2.05) is 20.8 Å². The molecule has 1 saturated heterocycles. The lowest BCUT2D eigenvalue weighted by molar-refractivity contribution is -0.137. The van der Waals surface area contributed by atoms with Crippen LogP contribution in [0.1, 0.15) is 35.1 Å². The van der Waals surface area contributed by atoms with Gasteiger partial charge < -0.3 is 14.7 Å². The molecule has 0 spiro atoms. The molecule has 0 radical (unpaired) electrons. The summed E-state index contributed by atoms with van der Waals surface area (Å²) >= 11 is 0. The Morgan fingerprint density at radius 2 is 1.81 bits per heavy atom. The normalized spacial score (nSPS) is 16.1. The Labute approximate surface area is 181 Å². The number of hydrogen-bond acceptors (Lipinski definition) is 4. The minimum atomic E-state index is -4.29. The first-order valence-electron chi connectivity index (χ1n) is 10.6. The van der Waals surface area contributed by atoms with Crippen molar-refractivity contribution in [3.05, 3.63) is 52.4 Å². The summed E-state index contributed by atoms with van der Waals surface area (Å²) in [6.45, 7) is 11.3. The third kappa shape index (κ3) is 6.22. The average Bonchev–Trinajstić information content (AvgIpc) is 3.05. The van der Waals surface area contributed by atoms with Gasteiger partial charge in [0.25, 0.3) is 0 Å². The lowest BCUT2D eigenvalue weighted by Gasteiger charge is -2.36.